The Kier molecular flexibility index (Phi) is 5.24. The maximum absolute atomic E-state index is 12.2. The van der Waals surface area contributed by atoms with Crippen LogP contribution in [0.15, 0.2) is 77.7 Å². The zero-order valence-corrected chi connectivity index (χ0v) is 14.5. The van der Waals surface area contributed by atoms with E-state index in [1.54, 1.807) is 72.8 Å². The number of anilines is 2. The fraction of sp³-hybridized carbons (Fsp3) is 0. The molecule has 26 heavy (non-hydrogen) atoms. The van der Waals surface area contributed by atoms with Crippen molar-refractivity contribution in [2.75, 3.05) is 11.5 Å². The van der Waals surface area contributed by atoms with Crippen LogP contribution in [0.5, 0.6) is 5.75 Å². The summed E-state index contributed by atoms with van der Waals surface area (Å²) in [5.41, 5.74) is 13.4. The molecular formula is C20H16N2O3S. The van der Waals surface area contributed by atoms with E-state index in [0.29, 0.717) is 28.3 Å². The molecule has 4 N–H and O–H groups in total. The number of nitrogen functional groups attached to an aromatic ring is 2. The number of esters is 1. The standard InChI is InChI=1S/C20H16N2O3S/c21-15-5-1-13(2-6-15)19(23)25-17-9-11-18(12-10-17)26-20(24)14-3-7-16(22)8-4-14/h1-12H,21-22H2. The second-order valence-electron chi connectivity index (χ2n) is 5.49. The lowest BCUT2D eigenvalue weighted by Gasteiger charge is -2.06. The third kappa shape index (κ3) is 4.43. The van der Waals surface area contributed by atoms with Crippen LogP contribution < -0.4 is 16.2 Å². The van der Waals surface area contributed by atoms with Crippen LogP contribution in [-0.2, 0) is 0 Å². The Morgan fingerprint density at radius 1 is 0.692 bits per heavy atom. The molecule has 3 aromatic rings. The highest BCUT2D eigenvalue weighted by Gasteiger charge is 2.10. The normalized spacial score (nSPS) is 10.3. The van der Waals surface area contributed by atoms with Gasteiger partial charge in [-0.2, -0.15) is 0 Å². The predicted octanol–water partition coefficient (Wildman–Crippen LogP) is 4.00. The molecule has 0 aliphatic rings. The SMILES string of the molecule is Nc1ccc(C(=O)Oc2ccc(SC(=O)c3ccc(N)cc3)cc2)cc1. The molecule has 130 valence electrons. The molecule has 3 aromatic carbocycles. The molecule has 0 aliphatic carbocycles. The topological polar surface area (TPSA) is 95.4 Å². The van der Waals surface area contributed by atoms with Crippen molar-refractivity contribution in [1.29, 1.82) is 0 Å². The number of nitrogens with two attached hydrogens (primary N) is 2. The van der Waals surface area contributed by atoms with Crippen LogP contribution in [0.4, 0.5) is 11.4 Å². The number of hydrogen-bond donors (Lipinski definition) is 2. The fourth-order valence-corrected chi connectivity index (χ4v) is 2.89. The average molecular weight is 364 g/mol. The van der Waals surface area contributed by atoms with Gasteiger partial charge in [-0.05, 0) is 84.6 Å². The molecule has 6 heteroatoms. The van der Waals surface area contributed by atoms with E-state index in [9.17, 15) is 9.59 Å². The number of carbonyl (C=O) groups excluding carboxylic acids is 2. The molecule has 3 rings (SSSR count). The lowest BCUT2D eigenvalue weighted by molar-refractivity contribution is 0.0734. The Balaban J connectivity index is 1.62. The summed E-state index contributed by atoms with van der Waals surface area (Å²) in [6.07, 6.45) is 0. The van der Waals surface area contributed by atoms with Gasteiger partial charge in [-0.3, -0.25) is 4.79 Å². The molecule has 0 unspecified atom stereocenters. The summed E-state index contributed by atoms with van der Waals surface area (Å²) < 4.78 is 5.31. The fourth-order valence-electron chi connectivity index (χ4n) is 2.15. The smallest absolute Gasteiger partial charge is 0.343 e. The van der Waals surface area contributed by atoms with Crippen LogP contribution in [0, 0.1) is 0 Å². The van der Waals surface area contributed by atoms with Gasteiger partial charge in [0.2, 0.25) is 5.12 Å². The van der Waals surface area contributed by atoms with Gasteiger partial charge in [0.05, 0.1) is 5.56 Å². The van der Waals surface area contributed by atoms with Crippen LogP contribution in [0.1, 0.15) is 20.7 Å². The number of benzene rings is 3. The van der Waals surface area contributed by atoms with Crippen molar-refractivity contribution in [2.45, 2.75) is 4.90 Å². The lowest BCUT2D eigenvalue weighted by Crippen LogP contribution is -2.08. The van der Waals surface area contributed by atoms with Crippen LogP contribution >= 0.6 is 11.8 Å². The Labute approximate surface area is 155 Å². The lowest BCUT2D eigenvalue weighted by atomic mass is 10.2. The van der Waals surface area contributed by atoms with Gasteiger partial charge in [-0.25, -0.2) is 4.79 Å². The number of carbonyl (C=O) groups is 2. The maximum atomic E-state index is 12.2. The molecule has 0 saturated carbocycles. The molecule has 0 bridgehead atoms. The van der Waals surface area contributed by atoms with E-state index in [1.165, 1.54) is 0 Å². The Morgan fingerprint density at radius 3 is 1.73 bits per heavy atom. The molecule has 0 heterocycles. The second kappa shape index (κ2) is 7.76. The molecule has 0 spiro atoms. The molecule has 5 nitrogen and oxygen atoms in total. The third-order valence-corrected chi connectivity index (χ3v) is 4.47. The highest BCUT2D eigenvalue weighted by Crippen LogP contribution is 2.25. The van der Waals surface area contributed by atoms with E-state index in [2.05, 4.69) is 0 Å². The van der Waals surface area contributed by atoms with E-state index >= 15 is 0 Å². The summed E-state index contributed by atoms with van der Waals surface area (Å²) in [5, 5.41) is -0.0865. The summed E-state index contributed by atoms with van der Waals surface area (Å²) >= 11 is 1.09. The molecule has 0 fully saturated rings. The van der Waals surface area contributed by atoms with Crippen molar-refractivity contribution in [2.24, 2.45) is 0 Å². The minimum absolute atomic E-state index is 0.0865. The van der Waals surface area contributed by atoms with Crippen LogP contribution in [0.3, 0.4) is 0 Å². The van der Waals surface area contributed by atoms with Crippen LogP contribution in [-0.4, -0.2) is 11.1 Å². The average Bonchev–Trinajstić information content (AvgIpc) is 2.64. The number of rotatable bonds is 4. The summed E-state index contributed by atoms with van der Waals surface area (Å²) in [6.45, 7) is 0. The molecule has 0 radical (unpaired) electrons. The quantitative estimate of drug-likeness (QED) is 0.314. The van der Waals surface area contributed by atoms with Gasteiger partial charge in [0.1, 0.15) is 5.75 Å². The Morgan fingerprint density at radius 2 is 1.19 bits per heavy atom. The summed E-state index contributed by atoms with van der Waals surface area (Å²) in [6, 6.07) is 20.0. The molecule has 0 aliphatic heterocycles. The molecule has 0 amide bonds. The van der Waals surface area contributed by atoms with Crippen molar-refractivity contribution in [3.8, 4) is 5.75 Å². The number of ether oxygens (including phenoxy) is 1. The number of hydrogen-bond acceptors (Lipinski definition) is 6. The van der Waals surface area contributed by atoms with E-state index in [-0.39, 0.29) is 5.12 Å². The second-order valence-corrected chi connectivity index (χ2v) is 6.54. The first kappa shape index (κ1) is 17.6. The zero-order chi connectivity index (χ0) is 18.5. The summed E-state index contributed by atoms with van der Waals surface area (Å²) in [7, 11) is 0. The molecule has 0 saturated heterocycles. The highest BCUT2D eigenvalue weighted by molar-refractivity contribution is 8.14. The van der Waals surface area contributed by atoms with Gasteiger partial charge in [-0.1, -0.05) is 0 Å². The Bertz CT molecular complexity index is 842. The van der Waals surface area contributed by atoms with Crippen molar-refractivity contribution in [3.05, 3.63) is 83.9 Å². The Hall–Kier alpha value is -3.25. The minimum Gasteiger partial charge on any atom is -0.423 e. The van der Waals surface area contributed by atoms with Gasteiger partial charge in [0, 0.05) is 21.8 Å². The van der Waals surface area contributed by atoms with Gasteiger partial charge in [0.25, 0.3) is 0 Å². The first-order valence-electron chi connectivity index (χ1n) is 7.77. The van der Waals surface area contributed by atoms with E-state index < -0.39 is 5.97 Å². The maximum Gasteiger partial charge on any atom is 0.343 e. The van der Waals surface area contributed by atoms with Crippen molar-refractivity contribution in [3.63, 3.8) is 0 Å². The summed E-state index contributed by atoms with van der Waals surface area (Å²) in [5.74, 6) is -0.0699. The van der Waals surface area contributed by atoms with E-state index in [1.807, 2.05) is 0 Å². The largest absolute Gasteiger partial charge is 0.423 e. The van der Waals surface area contributed by atoms with Crippen molar-refractivity contribution >= 4 is 34.2 Å². The zero-order valence-electron chi connectivity index (χ0n) is 13.7. The first-order chi connectivity index (χ1) is 12.5. The molecular weight excluding hydrogens is 348 g/mol. The van der Waals surface area contributed by atoms with Crippen LogP contribution in [0.2, 0.25) is 0 Å². The van der Waals surface area contributed by atoms with Crippen molar-refractivity contribution < 1.29 is 14.3 Å². The van der Waals surface area contributed by atoms with Gasteiger partial charge in [0.15, 0.2) is 0 Å². The molecule has 0 aromatic heterocycles. The predicted molar refractivity (Wildman–Crippen MR) is 103 cm³/mol. The minimum atomic E-state index is -0.469. The highest BCUT2D eigenvalue weighted by atomic mass is 32.2. The number of thioether (sulfide) groups is 1. The van der Waals surface area contributed by atoms with Crippen molar-refractivity contribution in [1.82, 2.24) is 0 Å². The summed E-state index contributed by atoms with van der Waals surface area (Å²) in [4.78, 5) is 25.0. The van der Waals surface area contributed by atoms with Crippen LogP contribution in [0.25, 0.3) is 0 Å². The van der Waals surface area contributed by atoms with Gasteiger partial charge < -0.3 is 16.2 Å². The monoisotopic (exact) mass is 364 g/mol. The first-order valence-corrected chi connectivity index (χ1v) is 8.58. The van der Waals surface area contributed by atoms with Gasteiger partial charge >= 0.3 is 5.97 Å². The van der Waals surface area contributed by atoms with E-state index in [0.717, 1.165) is 16.7 Å². The van der Waals surface area contributed by atoms with E-state index in [4.69, 9.17) is 16.2 Å². The molecule has 0 atom stereocenters. The van der Waals surface area contributed by atoms with Gasteiger partial charge in [-0.15, -0.1) is 0 Å². The third-order valence-electron chi connectivity index (χ3n) is 3.54.